The van der Waals surface area contributed by atoms with E-state index in [0.29, 0.717) is 38.9 Å². The van der Waals surface area contributed by atoms with Crippen LogP contribution in [0.2, 0.25) is 0 Å². The first-order valence-electron chi connectivity index (χ1n) is 6.19. The van der Waals surface area contributed by atoms with Crippen molar-refractivity contribution in [2.75, 3.05) is 44.4 Å². The van der Waals surface area contributed by atoms with Crippen LogP contribution in [0, 0.1) is 0 Å². The van der Waals surface area contributed by atoms with Crippen LogP contribution in [0.3, 0.4) is 0 Å². The van der Waals surface area contributed by atoms with Crippen molar-refractivity contribution in [3.8, 4) is 0 Å². The third-order valence-corrected chi connectivity index (χ3v) is 4.68. The molecule has 0 aliphatic carbocycles. The van der Waals surface area contributed by atoms with E-state index in [2.05, 4.69) is 5.32 Å². The van der Waals surface area contributed by atoms with E-state index in [1.807, 2.05) is 4.90 Å². The number of ether oxygens (including phenoxy) is 1. The summed E-state index contributed by atoms with van der Waals surface area (Å²) in [6.45, 7) is 3.10. The van der Waals surface area contributed by atoms with Crippen LogP contribution in [0.5, 0.6) is 0 Å². The van der Waals surface area contributed by atoms with Gasteiger partial charge in [-0.3, -0.25) is 9.00 Å². The van der Waals surface area contributed by atoms with E-state index in [9.17, 15) is 9.00 Å². The first kappa shape index (κ1) is 13.0. The van der Waals surface area contributed by atoms with Gasteiger partial charge >= 0.3 is 0 Å². The zero-order valence-corrected chi connectivity index (χ0v) is 10.8. The maximum Gasteiger partial charge on any atom is 0.236 e. The van der Waals surface area contributed by atoms with Crippen molar-refractivity contribution in [3.63, 3.8) is 0 Å². The normalized spacial score (nSPS) is 30.2. The van der Waals surface area contributed by atoms with Crippen molar-refractivity contribution in [1.29, 1.82) is 0 Å². The molecule has 2 aliphatic rings. The topological polar surface area (TPSA) is 58.6 Å². The molecule has 2 heterocycles. The van der Waals surface area contributed by atoms with Crippen LogP contribution < -0.4 is 5.32 Å². The van der Waals surface area contributed by atoms with Crippen molar-refractivity contribution in [1.82, 2.24) is 10.2 Å². The molecule has 17 heavy (non-hydrogen) atoms. The summed E-state index contributed by atoms with van der Waals surface area (Å²) in [6, 6.07) is 0.359. The van der Waals surface area contributed by atoms with Gasteiger partial charge in [0.2, 0.25) is 5.91 Å². The zero-order valence-electron chi connectivity index (χ0n) is 10.0. The highest BCUT2D eigenvalue weighted by Crippen LogP contribution is 2.08. The second kappa shape index (κ2) is 6.47. The Morgan fingerprint density at radius 2 is 1.94 bits per heavy atom. The Balaban J connectivity index is 1.67. The van der Waals surface area contributed by atoms with Crippen molar-refractivity contribution < 1.29 is 13.7 Å². The lowest BCUT2D eigenvalue weighted by Crippen LogP contribution is -2.47. The van der Waals surface area contributed by atoms with E-state index in [1.165, 1.54) is 0 Å². The van der Waals surface area contributed by atoms with Gasteiger partial charge in [-0.15, -0.1) is 0 Å². The second-order valence-corrected chi connectivity index (χ2v) is 6.19. The van der Waals surface area contributed by atoms with Gasteiger partial charge in [-0.05, 0) is 12.8 Å². The molecular weight excluding hydrogens is 240 g/mol. The molecule has 0 atom stereocenters. The highest BCUT2D eigenvalue weighted by atomic mass is 32.2. The largest absolute Gasteiger partial charge is 0.378 e. The van der Waals surface area contributed by atoms with Crippen LogP contribution in [-0.2, 0) is 20.3 Å². The fraction of sp³-hybridized carbons (Fsp3) is 0.909. The van der Waals surface area contributed by atoms with E-state index in [1.54, 1.807) is 0 Å². The summed E-state index contributed by atoms with van der Waals surface area (Å²) in [5.41, 5.74) is 0. The van der Waals surface area contributed by atoms with Crippen LogP contribution in [0.15, 0.2) is 0 Å². The van der Waals surface area contributed by atoms with E-state index in [-0.39, 0.29) is 5.91 Å². The maximum atomic E-state index is 11.9. The van der Waals surface area contributed by atoms with Crippen LogP contribution in [-0.4, -0.2) is 65.4 Å². The molecule has 0 radical (unpaired) electrons. The van der Waals surface area contributed by atoms with Crippen LogP contribution in [0.25, 0.3) is 0 Å². The molecule has 1 N–H and O–H groups in total. The highest BCUT2D eigenvalue weighted by Gasteiger charge is 2.20. The predicted molar refractivity (Wildman–Crippen MR) is 66.3 cm³/mol. The minimum absolute atomic E-state index is 0.153. The number of amides is 1. The van der Waals surface area contributed by atoms with Crippen molar-refractivity contribution in [3.05, 3.63) is 0 Å². The van der Waals surface area contributed by atoms with E-state index < -0.39 is 10.8 Å². The van der Waals surface area contributed by atoms with Gasteiger partial charge in [0.05, 0.1) is 19.8 Å². The number of carbonyl (C=O) groups excluding carboxylic acids is 1. The molecule has 5 nitrogen and oxygen atoms in total. The van der Waals surface area contributed by atoms with Crippen LogP contribution in [0.1, 0.15) is 12.8 Å². The lowest BCUT2D eigenvalue weighted by Gasteiger charge is -2.28. The summed E-state index contributed by atoms with van der Waals surface area (Å²) < 4.78 is 16.4. The molecule has 0 aromatic rings. The molecule has 2 rings (SSSR count). The molecule has 98 valence electrons. The van der Waals surface area contributed by atoms with Crippen LogP contribution >= 0.6 is 0 Å². The van der Waals surface area contributed by atoms with E-state index in [0.717, 1.165) is 24.3 Å². The number of nitrogens with zero attached hydrogens (tertiary/aromatic N) is 1. The lowest BCUT2D eigenvalue weighted by molar-refractivity contribution is -0.134. The van der Waals surface area contributed by atoms with Gasteiger partial charge in [0.15, 0.2) is 0 Å². The van der Waals surface area contributed by atoms with Crippen molar-refractivity contribution in [2.24, 2.45) is 0 Å². The molecule has 2 aliphatic heterocycles. The average molecular weight is 260 g/mol. The van der Waals surface area contributed by atoms with Crippen molar-refractivity contribution >= 4 is 16.7 Å². The minimum Gasteiger partial charge on any atom is -0.378 e. The average Bonchev–Trinajstić information content (AvgIpc) is 2.39. The fourth-order valence-electron chi connectivity index (χ4n) is 2.15. The second-order valence-electron chi connectivity index (χ2n) is 4.50. The monoisotopic (exact) mass is 260 g/mol. The molecule has 0 unspecified atom stereocenters. The minimum atomic E-state index is -0.631. The Morgan fingerprint density at radius 3 is 2.59 bits per heavy atom. The molecular formula is C11H20N2O3S. The Morgan fingerprint density at radius 1 is 1.29 bits per heavy atom. The van der Waals surface area contributed by atoms with Gasteiger partial charge in [-0.2, -0.15) is 0 Å². The van der Waals surface area contributed by atoms with Gasteiger partial charge < -0.3 is 15.0 Å². The van der Waals surface area contributed by atoms with Gasteiger partial charge in [-0.25, -0.2) is 0 Å². The summed E-state index contributed by atoms with van der Waals surface area (Å²) in [4.78, 5) is 13.7. The Bertz CT molecular complexity index is 282. The summed E-state index contributed by atoms with van der Waals surface area (Å²) in [5, 5.41) is 3.27. The standard InChI is InChI=1S/C11H20N2O3S/c14-11(13-3-5-16-6-4-13)9-12-10-1-7-17(15)8-2-10/h10,12H,1-9H2. The van der Waals surface area contributed by atoms with Gasteiger partial charge in [0.25, 0.3) is 0 Å². The molecule has 1 amide bonds. The molecule has 2 saturated heterocycles. The summed E-state index contributed by atoms with van der Waals surface area (Å²) in [7, 11) is -0.631. The number of rotatable bonds is 3. The van der Waals surface area contributed by atoms with E-state index in [4.69, 9.17) is 4.74 Å². The molecule has 0 aromatic heterocycles. The summed E-state index contributed by atoms with van der Waals surface area (Å²) >= 11 is 0. The SMILES string of the molecule is O=C(CNC1CCS(=O)CC1)N1CCOCC1. The first-order valence-corrected chi connectivity index (χ1v) is 7.68. The third kappa shape index (κ3) is 4.04. The van der Waals surface area contributed by atoms with Gasteiger partial charge in [0, 0.05) is 41.4 Å². The fourth-order valence-corrected chi connectivity index (χ4v) is 3.45. The Kier molecular flexibility index (Phi) is 4.94. The zero-order chi connectivity index (χ0) is 12.1. The molecule has 0 spiro atoms. The lowest BCUT2D eigenvalue weighted by atomic mass is 10.1. The number of hydrogen-bond donors (Lipinski definition) is 1. The predicted octanol–water partition coefficient (Wildman–Crippen LogP) is -0.654. The molecule has 0 bridgehead atoms. The third-order valence-electron chi connectivity index (χ3n) is 3.29. The molecule has 2 fully saturated rings. The first-order chi connectivity index (χ1) is 8.25. The molecule has 6 heteroatoms. The van der Waals surface area contributed by atoms with Gasteiger partial charge in [0.1, 0.15) is 0 Å². The number of hydrogen-bond acceptors (Lipinski definition) is 4. The van der Waals surface area contributed by atoms with Crippen molar-refractivity contribution in [2.45, 2.75) is 18.9 Å². The highest BCUT2D eigenvalue weighted by molar-refractivity contribution is 7.85. The number of carbonyl (C=O) groups is 1. The number of nitrogens with one attached hydrogen (secondary N) is 1. The maximum absolute atomic E-state index is 11.9. The Hall–Kier alpha value is -0.460. The van der Waals surface area contributed by atoms with E-state index >= 15 is 0 Å². The van der Waals surface area contributed by atoms with Gasteiger partial charge in [-0.1, -0.05) is 0 Å². The number of morpholine rings is 1. The van der Waals surface area contributed by atoms with Crippen LogP contribution in [0.4, 0.5) is 0 Å². The summed E-state index contributed by atoms with van der Waals surface area (Å²) in [6.07, 6.45) is 1.84. The summed E-state index contributed by atoms with van der Waals surface area (Å²) in [5.74, 6) is 1.69. The quantitative estimate of drug-likeness (QED) is 0.732. The molecule has 0 aromatic carbocycles. The molecule has 0 saturated carbocycles. The smallest absolute Gasteiger partial charge is 0.236 e. The Labute approximate surface area is 104 Å².